The van der Waals surface area contributed by atoms with E-state index >= 15 is 0 Å². The molecular formula is C41H62O9S2. The van der Waals surface area contributed by atoms with Gasteiger partial charge in [-0.1, -0.05) is 51.0 Å². The molecule has 0 amide bonds. The van der Waals surface area contributed by atoms with Gasteiger partial charge in [-0.25, -0.2) is 0 Å². The second-order valence-electron chi connectivity index (χ2n) is 18.3. The highest BCUT2D eigenvalue weighted by Gasteiger charge is 2.65. The van der Waals surface area contributed by atoms with Crippen LogP contribution in [0.2, 0.25) is 0 Å². The number of fused-ring (bicyclic) bond motifs is 10. The first kappa shape index (κ1) is 39.2. The molecule has 0 bridgehead atoms. The van der Waals surface area contributed by atoms with E-state index in [1.54, 1.807) is 18.7 Å². The third-order valence-corrected chi connectivity index (χ3v) is 19.0. The molecule has 4 saturated carbocycles. The fourth-order valence-electron chi connectivity index (χ4n) is 12.6. The topological polar surface area (TPSA) is 154 Å². The lowest BCUT2D eigenvalue weighted by Gasteiger charge is -2.58. The summed E-state index contributed by atoms with van der Waals surface area (Å²) >= 11 is 3.65. The number of hydrogen-bond acceptors (Lipinski definition) is 11. The Balaban J connectivity index is 0.000000162. The number of ether oxygens (including phenoxy) is 2. The normalized spacial score (nSPS) is 50.3. The van der Waals surface area contributed by atoms with Gasteiger partial charge in [-0.2, -0.15) is 23.5 Å². The van der Waals surface area contributed by atoms with Crippen molar-refractivity contribution in [3.05, 3.63) is 23.3 Å². The maximum atomic E-state index is 11.9. The Morgan fingerprint density at radius 1 is 0.750 bits per heavy atom. The van der Waals surface area contributed by atoms with E-state index < -0.39 is 17.6 Å². The van der Waals surface area contributed by atoms with Crippen LogP contribution >= 0.6 is 23.5 Å². The van der Waals surface area contributed by atoms with Crippen LogP contribution in [0.3, 0.4) is 0 Å². The van der Waals surface area contributed by atoms with Crippen molar-refractivity contribution in [2.45, 2.75) is 152 Å². The average molecular weight is 763 g/mol. The fraction of sp³-hybridized carbons (Fsp3) is 0.854. The van der Waals surface area contributed by atoms with Gasteiger partial charge in [0.1, 0.15) is 12.2 Å². The average Bonchev–Trinajstić information content (AvgIpc) is 3.63. The van der Waals surface area contributed by atoms with Gasteiger partial charge in [0, 0.05) is 58.0 Å². The number of aliphatic hydroxyl groups is 5. The van der Waals surface area contributed by atoms with Crippen LogP contribution in [0.4, 0.5) is 0 Å². The number of thioether (sulfide) groups is 2. The number of carbonyl (C=O) groups excluding carboxylic acids is 2. The molecule has 8 rings (SSSR count). The number of rotatable bonds is 4. The second kappa shape index (κ2) is 14.5. The van der Waals surface area contributed by atoms with Gasteiger partial charge in [-0.15, -0.1) is 0 Å². The minimum atomic E-state index is -0.562. The highest BCUT2D eigenvalue weighted by molar-refractivity contribution is 8.00. The van der Waals surface area contributed by atoms with Crippen molar-refractivity contribution in [1.29, 1.82) is 0 Å². The van der Waals surface area contributed by atoms with Crippen molar-refractivity contribution >= 4 is 35.5 Å². The molecule has 6 unspecified atom stereocenters. The number of carbonyl (C=O) groups is 2. The Morgan fingerprint density at radius 3 is 1.81 bits per heavy atom. The summed E-state index contributed by atoms with van der Waals surface area (Å²) in [6.07, 6.45) is 11.3. The molecule has 2 heterocycles. The van der Waals surface area contributed by atoms with Gasteiger partial charge in [0.2, 0.25) is 0 Å². The zero-order valence-electron chi connectivity index (χ0n) is 31.7. The van der Waals surface area contributed by atoms with Crippen LogP contribution in [0.25, 0.3) is 0 Å². The van der Waals surface area contributed by atoms with Crippen molar-refractivity contribution in [3.8, 4) is 0 Å². The first-order chi connectivity index (χ1) is 24.6. The number of esters is 2. The Hall–Kier alpha value is -1.08. The van der Waals surface area contributed by atoms with Crippen LogP contribution in [0.15, 0.2) is 23.3 Å². The lowest BCUT2D eigenvalue weighted by molar-refractivity contribution is -0.161. The van der Waals surface area contributed by atoms with E-state index in [9.17, 15) is 35.1 Å². The third kappa shape index (κ3) is 6.26. The molecule has 16 atom stereocenters. The van der Waals surface area contributed by atoms with E-state index in [0.717, 1.165) is 57.1 Å². The molecule has 0 aromatic rings. The van der Waals surface area contributed by atoms with Gasteiger partial charge in [-0.3, -0.25) is 9.59 Å². The summed E-state index contributed by atoms with van der Waals surface area (Å²) in [5.41, 5.74) is 2.10. The first-order valence-electron chi connectivity index (χ1n) is 20.0. The maximum Gasteiger partial charge on any atom is 0.305 e. The van der Waals surface area contributed by atoms with E-state index in [0.29, 0.717) is 42.1 Å². The largest absolute Gasteiger partial charge is 0.461 e. The minimum absolute atomic E-state index is 0.00569. The molecule has 292 valence electrons. The molecule has 9 nitrogen and oxygen atoms in total. The van der Waals surface area contributed by atoms with Crippen LogP contribution in [0.1, 0.15) is 105 Å². The van der Waals surface area contributed by atoms with Crippen LogP contribution in [-0.4, -0.2) is 103 Å². The van der Waals surface area contributed by atoms with Crippen molar-refractivity contribution in [2.75, 3.05) is 18.1 Å². The molecule has 8 aliphatic rings. The SMILES string of the molecule is CC(=O)O[C@H]1CSC2C3C(CC[C@@]21C)[C@@]1(C)CC[C@H](O)CC1=C[C@@H]3O.CCC(=O)O[C@H]1CSC2C3C(CC[C@@]21CO)[C@@]1(C)CC[C@H](O)CC1=C[C@@H]3O. The minimum Gasteiger partial charge on any atom is -0.461 e. The van der Waals surface area contributed by atoms with E-state index in [4.69, 9.17) is 9.47 Å². The van der Waals surface area contributed by atoms with Gasteiger partial charge in [0.15, 0.2) is 0 Å². The van der Waals surface area contributed by atoms with Crippen molar-refractivity contribution in [3.63, 3.8) is 0 Å². The number of hydrogen-bond donors (Lipinski definition) is 5. The second-order valence-corrected chi connectivity index (χ2v) is 20.6. The smallest absolute Gasteiger partial charge is 0.305 e. The quantitative estimate of drug-likeness (QED) is 0.190. The van der Waals surface area contributed by atoms with Crippen molar-refractivity contribution < 1.29 is 44.6 Å². The fourth-order valence-corrected chi connectivity index (χ4v) is 16.7. The summed E-state index contributed by atoms with van der Waals surface area (Å²) < 4.78 is 11.4. The summed E-state index contributed by atoms with van der Waals surface area (Å²) in [5, 5.41) is 53.0. The third-order valence-electron chi connectivity index (χ3n) is 15.7. The Morgan fingerprint density at radius 2 is 1.27 bits per heavy atom. The lowest BCUT2D eigenvalue weighted by Crippen LogP contribution is -2.59. The molecule has 2 saturated heterocycles. The molecule has 6 fully saturated rings. The molecule has 0 spiro atoms. The lowest BCUT2D eigenvalue weighted by atomic mass is 9.49. The molecular weight excluding hydrogens is 701 g/mol. The predicted molar refractivity (Wildman–Crippen MR) is 202 cm³/mol. The predicted octanol–water partition coefficient (Wildman–Crippen LogP) is 5.20. The highest BCUT2D eigenvalue weighted by atomic mass is 32.2. The monoisotopic (exact) mass is 762 g/mol. The Bertz CT molecular complexity index is 1450. The van der Waals surface area contributed by atoms with Crippen molar-refractivity contribution in [1.82, 2.24) is 0 Å². The summed E-state index contributed by atoms with van der Waals surface area (Å²) in [7, 11) is 0. The zero-order chi connectivity index (χ0) is 37.4. The molecule has 0 aromatic carbocycles. The molecule has 2 aliphatic heterocycles. The molecule has 52 heavy (non-hydrogen) atoms. The Kier molecular flexibility index (Phi) is 10.9. The molecule has 0 radical (unpaired) electrons. The van der Waals surface area contributed by atoms with Gasteiger partial charge in [0.25, 0.3) is 0 Å². The van der Waals surface area contributed by atoms with Crippen LogP contribution < -0.4 is 0 Å². The first-order valence-corrected chi connectivity index (χ1v) is 22.1. The summed E-state index contributed by atoms with van der Waals surface area (Å²) in [6, 6.07) is 0. The van der Waals surface area contributed by atoms with E-state index in [-0.39, 0.29) is 76.3 Å². The van der Waals surface area contributed by atoms with Crippen LogP contribution in [0.5, 0.6) is 0 Å². The van der Waals surface area contributed by atoms with Gasteiger partial charge in [0.05, 0.1) is 31.0 Å². The number of aliphatic hydroxyl groups excluding tert-OH is 5. The summed E-state index contributed by atoms with van der Waals surface area (Å²) in [4.78, 5) is 23.4. The Labute approximate surface area is 318 Å². The molecule has 5 N–H and O–H groups in total. The van der Waals surface area contributed by atoms with Crippen LogP contribution in [0, 0.1) is 45.3 Å². The summed E-state index contributed by atoms with van der Waals surface area (Å²) in [6.45, 7) is 10.2. The summed E-state index contributed by atoms with van der Waals surface area (Å²) in [5.74, 6) is 2.19. The highest BCUT2D eigenvalue weighted by Crippen LogP contribution is 2.66. The van der Waals surface area contributed by atoms with E-state index in [2.05, 4.69) is 26.8 Å². The van der Waals surface area contributed by atoms with Crippen molar-refractivity contribution in [2.24, 2.45) is 45.3 Å². The van der Waals surface area contributed by atoms with E-state index in [1.807, 2.05) is 17.8 Å². The van der Waals surface area contributed by atoms with Gasteiger partial charge >= 0.3 is 11.9 Å². The zero-order valence-corrected chi connectivity index (χ0v) is 33.3. The van der Waals surface area contributed by atoms with E-state index in [1.165, 1.54) is 18.1 Å². The maximum absolute atomic E-state index is 11.9. The molecule has 6 aliphatic carbocycles. The van der Waals surface area contributed by atoms with Gasteiger partial charge in [-0.05, 0) is 86.9 Å². The molecule has 0 aromatic heterocycles. The molecule has 11 heteroatoms. The standard InChI is InChI=1S/C21H32O5S.C20H30O4S/c1-3-17(25)26-16-10-27-19-18-14(5-7-21(16,19)11-22)20(2)6-4-13(23)8-12(20)9-15(18)24;1-11(21)24-16-10-25-18-17-14(5-7-20(16,18)3)19(2)6-4-13(22)8-12(19)9-15(17)23/h9,13-16,18-19,22-24H,3-8,10-11H2,1-2H3;9,13-18,22-23H,4-8,10H2,1-3H3/t13-,14?,15-,16-,18?,19?,20-,21-;13-,14?,15-,16-,17?,18?,19-,20+/m00/s1. The van der Waals surface area contributed by atoms with Gasteiger partial charge < -0.3 is 35.0 Å². The van der Waals surface area contributed by atoms with Crippen LogP contribution in [-0.2, 0) is 19.1 Å².